The van der Waals surface area contributed by atoms with E-state index in [1.807, 2.05) is 75.4 Å². The maximum atomic E-state index is 12.9. The number of benzene rings is 2. The number of likely N-dealkylation sites (N-methyl/N-ethyl adjacent to an activating group) is 1. The second-order valence-electron chi connectivity index (χ2n) is 9.22. The number of para-hydroxylation sites is 1. The molecule has 7 heteroatoms. The summed E-state index contributed by atoms with van der Waals surface area (Å²) in [5.74, 6) is 0.292. The molecule has 0 saturated heterocycles. The van der Waals surface area contributed by atoms with Crippen molar-refractivity contribution in [3.63, 3.8) is 0 Å². The van der Waals surface area contributed by atoms with E-state index in [2.05, 4.69) is 31.4 Å². The van der Waals surface area contributed by atoms with E-state index in [-0.39, 0.29) is 23.9 Å². The molecule has 0 saturated carbocycles. The highest BCUT2D eigenvalue weighted by atomic mass is 16.2. The molecule has 1 aromatic heterocycles. The molecule has 2 N–H and O–H groups in total. The van der Waals surface area contributed by atoms with Gasteiger partial charge in [0.1, 0.15) is 12.4 Å². The average molecular weight is 448 g/mol. The number of rotatable bonds is 6. The predicted molar refractivity (Wildman–Crippen MR) is 133 cm³/mol. The quantitative estimate of drug-likeness (QED) is 0.540. The van der Waals surface area contributed by atoms with Crippen LogP contribution in [0.3, 0.4) is 0 Å². The smallest absolute Gasteiger partial charge is 0.315 e. The van der Waals surface area contributed by atoms with Crippen LogP contribution in [0, 0.1) is 13.8 Å². The molecule has 0 atom stereocenters. The molecule has 1 heterocycles. The molecule has 3 aromatic rings. The maximum Gasteiger partial charge on any atom is 0.322 e. The van der Waals surface area contributed by atoms with Gasteiger partial charge >= 0.3 is 6.03 Å². The van der Waals surface area contributed by atoms with Crippen LogP contribution in [0.5, 0.6) is 0 Å². The predicted octanol–water partition coefficient (Wildman–Crippen LogP) is 5.28. The summed E-state index contributed by atoms with van der Waals surface area (Å²) >= 11 is 0. The van der Waals surface area contributed by atoms with E-state index in [4.69, 9.17) is 5.10 Å². The van der Waals surface area contributed by atoms with Gasteiger partial charge in [-0.15, -0.1) is 0 Å². The van der Waals surface area contributed by atoms with Crippen LogP contribution in [0.2, 0.25) is 0 Å². The summed E-state index contributed by atoms with van der Waals surface area (Å²) in [7, 11) is 0. The Kier molecular flexibility index (Phi) is 7.21. The number of hydrogen-bond donors (Lipinski definition) is 2. The molecule has 0 aliphatic carbocycles. The molecule has 0 fully saturated rings. The van der Waals surface area contributed by atoms with Crippen molar-refractivity contribution in [3.8, 4) is 5.69 Å². The van der Waals surface area contributed by atoms with Gasteiger partial charge in [0.05, 0.1) is 11.4 Å². The van der Waals surface area contributed by atoms with Gasteiger partial charge in [0.25, 0.3) is 0 Å². The number of carbonyl (C=O) groups excluding carboxylic acids is 2. The molecule has 7 nitrogen and oxygen atoms in total. The second-order valence-corrected chi connectivity index (χ2v) is 9.22. The summed E-state index contributed by atoms with van der Waals surface area (Å²) < 4.78 is 1.76. The van der Waals surface area contributed by atoms with Crippen molar-refractivity contribution in [2.45, 2.75) is 47.0 Å². The van der Waals surface area contributed by atoms with Crippen LogP contribution in [-0.2, 0) is 10.2 Å². The lowest BCUT2D eigenvalue weighted by Gasteiger charge is -2.21. The van der Waals surface area contributed by atoms with Crippen LogP contribution in [-0.4, -0.2) is 39.7 Å². The third kappa shape index (κ3) is 6.00. The third-order valence-electron chi connectivity index (χ3n) is 5.40. The zero-order valence-electron chi connectivity index (χ0n) is 20.3. The first-order chi connectivity index (χ1) is 15.6. The van der Waals surface area contributed by atoms with E-state index < -0.39 is 0 Å². The standard InChI is InChI=1S/C26H33N5O2/c1-7-30(25(33)27-20-14-12-18(2)13-15-20)17-24(32)28-23-16-22(26(4,5)6)29-31(23)21-11-9-8-10-19(21)3/h8-16H,7,17H2,1-6H3,(H,27,33)(H,28,32). The lowest BCUT2D eigenvalue weighted by Crippen LogP contribution is -2.40. The zero-order chi connectivity index (χ0) is 24.2. The van der Waals surface area contributed by atoms with Crippen LogP contribution in [0.4, 0.5) is 16.3 Å². The molecule has 0 radical (unpaired) electrons. The van der Waals surface area contributed by atoms with Crippen LogP contribution in [0.15, 0.2) is 54.6 Å². The number of nitrogens with zero attached hydrogens (tertiary/aromatic N) is 3. The van der Waals surface area contributed by atoms with E-state index in [1.165, 1.54) is 4.90 Å². The molecule has 3 amide bonds. The summed E-state index contributed by atoms with van der Waals surface area (Å²) in [6, 6.07) is 17.0. The van der Waals surface area contributed by atoms with Crippen molar-refractivity contribution >= 4 is 23.4 Å². The van der Waals surface area contributed by atoms with Crippen molar-refractivity contribution in [2.24, 2.45) is 0 Å². The van der Waals surface area contributed by atoms with Gasteiger partial charge in [-0.05, 0) is 44.5 Å². The summed E-state index contributed by atoms with van der Waals surface area (Å²) in [5.41, 5.74) is 4.43. The van der Waals surface area contributed by atoms with Gasteiger partial charge in [0.15, 0.2) is 0 Å². The fourth-order valence-corrected chi connectivity index (χ4v) is 3.34. The number of amides is 3. The van der Waals surface area contributed by atoms with E-state index in [0.29, 0.717) is 18.1 Å². The Bertz CT molecular complexity index is 1130. The zero-order valence-corrected chi connectivity index (χ0v) is 20.3. The Morgan fingerprint density at radius 2 is 1.67 bits per heavy atom. The highest BCUT2D eigenvalue weighted by molar-refractivity contribution is 5.96. The van der Waals surface area contributed by atoms with Crippen molar-refractivity contribution in [3.05, 3.63) is 71.4 Å². The normalized spacial score (nSPS) is 11.2. The first-order valence-corrected chi connectivity index (χ1v) is 11.2. The summed E-state index contributed by atoms with van der Waals surface area (Å²) in [5, 5.41) is 10.6. The Hall–Kier alpha value is -3.61. The summed E-state index contributed by atoms with van der Waals surface area (Å²) in [6.45, 7) is 12.4. The minimum absolute atomic E-state index is 0.0714. The number of aryl methyl sites for hydroxylation is 2. The number of aromatic nitrogens is 2. The topological polar surface area (TPSA) is 79.3 Å². The molecule has 0 bridgehead atoms. The van der Waals surface area contributed by atoms with Crippen LogP contribution < -0.4 is 10.6 Å². The molecule has 0 unspecified atom stereocenters. The summed E-state index contributed by atoms with van der Waals surface area (Å²) in [4.78, 5) is 27.1. The fourth-order valence-electron chi connectivity index (χ4n) is 3.34. The van der Waals surface area contributed by atoms with E-state index in [9.17, 15) is 9.59 Å². The first kappa shape index (κ1) is 24.0. The third-order valence-corrected chi connectivity index (χ3v) is 5.40. The number of anilines is 2. The minimum Gasteiger partial charge on any atom is -0.315 e. The van der Waals surface area contributed by atoms with Gasteiger partial charge < -0.3 is 15.5 Å². The maximum absolute atomic E-state index is 12.9. The van der Waals surface area contributed by atoms with Gasteiger partial charge in [0, 0.05) is 23.7 Å². The minimum atomic E-state index is -0.320. The second kappa shape index (κ2) is 9.90. The number of hydrogen-bond acceptors (Lipinski definition) is 3. The Morgan fingerprint density at radius 3 is 2.27 bits per heavy atom. The molecular weight excluding hydrogens is 414 g/mol. The lowest BCUT2D eigenvalue weighted by molar-refractivity contribution is -0.116. The van der Waals surface area contributed by atoms with Gasteiger partial charge in [-0.25, -0.2) is 9.48 Å². The van der Waals surface area contributed by atoms with Gasteiger partial charge in [-0.3, -0.25) is 4.79 Å². The van der Waals surface area contributed by atoms with Crippen molar-refractivity contribution in [1.29, 1.82) is 0 Å². The fraction of sp³-hybridized carbons (Fsp3) is 0.346. The summed E-state index contributed by atoms with van der Waals surface area (Å²) in [6.07, 6.45) is 0. The van der Waals surface area contributed by atoms with Crippen molar-refractivity contribution in [2.75, 3.05) is 23.7 Å². The van der Waals surface area contributed by atoms with Crippen LogP contribution in [0.25, 0.3) is 5.69 Å². The molecule has 2 aromatic carbocycles. The Balaban J connectivity index is 1.78. The van der Waals surface area contributed by atoms with Crippen molar-refractivity contribution < 1.29 is 9.59 Å². The molecular formula is C26H33N5O2. The van der Waals surface area contributed by atoms with Gasteiger partial charge in [-0.2, -0.15) is 5.10 Å². The molecule has 0 aliphatic heterocycles. The number of nitrogens with one attached hydrogen (secondary N) is 2. The highest BCUT2D eigenvalue weighted by Crippen LogP contribution is 2.27. The number of carbonyl (C=O) groups is 2. The highest BCUT2D eigenvalue weighted by Gasteiger charge is 2.23. The van der Waals surface area contributed by atoms with Gasteiger partial charge in [-0.1, -0.05) is 56.7 Å². The molecule has 0 aliphatic rings. The van der Waals surface area contributed by atoms with E-state index in [1.54, 1.807) is 4.68 Å². The van der Waals surface area contributed by atoms with Crippen molar-refractivity contribution in [1.82, 2.24) is 14.7 Å². The average Bonchev–Trinajstić information content (AvgIpc) is 3.18. The molecule has 174 valence electrons. The lowest BCUT2D eigenvalue weighted by atomic mass is 9.92. The van der Waals surface area contributed by atoms with Crippen LogP contribution >= 0.6 is 0 Å². The largest absolute Gasteiger partial charge is 0.322 e. The molecule has 33 heavy (non-hydrogen) atoms. The Labute approximate surface area is 195 Å². The monoisotopic (exact) mass is 447 g/mol. The first-order valence-electron chi connectivity index (χ1n) is 11.2. The SMILES string of the molecule is CCN(CC(=O)Nc1cc(C(C)(C)C)nn1-c1ccccc1C)C(=O)Nc1ccc(C)cc1. The number of urea groups is 1. The molecule has 3 rings (SSSR count). The van der Waals surface area contributed by atoms with E-state index in [0.717, 1.165) is 22.5 Å². The van der Waals surface area contributed by atoms with Crippen LogP contribution in [0.1, 0.15) is 44.5 Å². The molecule has 0 spiro atoms. The van der Waals surface area contributed by atoms with E-state index >= 15 is 0 Å². The Morgan fingerprint density at radius 1 is 1.00 bits per heavy atom. The van der Waals surface area contributed by atoms with Gasteiger partial charge in [0.2, 0.25) is 5.91 Å².